The number of hydrogen-bond donors (Lipinski definition) is 3. The fourth-order valence-corrected chi connectivity index (χ4v) is 1.29. The van der Waals surface area contributed by atoms with Crippen molar-refractivity contribution in [1.29, 1.82) is 0 Å². The fourth-order valence-electron chi connectivity index (χ4n) is 1.29. The van der Waals surface area contributed by atoms with Gasteiger partial charge in [0.25, 0.3) is 5.91 Å². The molecule has 1 atom stereocenters. The Kier molecular flexibility index (Phi) is 7.55. The van der Waals surface area contributed by atoms with E-state index in [-0.39, 0.29) is 37.4 Å². The van der Waals surface area contributed by atoms with Crippen LogP contribution < -0.4 is 21.5 Å². The Morgan fingerprint density at radius 3 is 2.37 bits per heavy atom. The summed E-state index contributed by atoms with van der Waals surface area (Å²) in [4.78, 5) is 22.0. The maximum absolute atomic E-state index is 11.4. The van der Waals surface area contributed by atoms with E-state index in [0.717, 1.165) is 0 Å². The van der Waals surface area contributed by atoms with Crippen molar-refractivity contribution in [2.75, 3.05) is 11.9 Å². The van der Waals surface area contributed by atoms with Crippen LogP contribution in [0.2, 0.25) is 0 Å². The predicted molar refractivity (Wildman–Crippen MR) is 75.3 cm³/mol. The van der Waals surface area contributed by atoms with E-state index in [1.807, 2.05) is 0 Å². The molecule has 2 amide bonds. The zero-order valence-corrected chi connectivity index (χ0v) is 11.4. The third kappa shape index (κ3) is 7.28. The number of carbonyl (C=O) groups excluding carboxylic acids is 2. The SMILES string of the molecule is CC(N)CC(=O)Nc1ccc(OCC(N)=O)cc1.Cl. The lowest BCUT2D eigenvalue weighted by atomic mass is 10.2. The first-order valence-corrected chi connectivity index (χ1v) is 5.54. The van der Waals surface area contributed by atoms with Gasteiger partial charge in [-0.15, -0.1) is 12.4 Å². The topological polar surface area (TPSA) is 107 Å². The number of nitrogens with two attached hydrogens (primary N) is 2. The van der Waals surface area contributed by atoms with Crippen molar-refractivity contribution < 1.29 is 14.3 Å². The number of nitrogens with one attached hydrogen (secondary N) is 1. The molecular weight excluding hydrogens is 270 g/mol. The molecular formula is C12H18ClN3O3. The standard InChI is InChI=1S/C12H17N3O3.ClH/c1-8(13)6-12(17)15-9-2-4-10(5-3-9)18-7-11(14)16;/h2-5,8H,6-7,13H2,1H3,(H2,14,16)(H,15,17);1H. The average molecular weight is 288 g/mol. The van der Waals surface area contributed by atoms with E-state index >= 15 is 0 Å². The van der Waals surface area contributed by atoms with Gasteiger partial charge in [-0.25, -0.2) is 0 Å². The summed E-state index contributed by atoms with van der Waals surface area (Å²) in [5.41, 5.74) is 11.1. The lowest BCUT2D eigenvalue weighted by molar-refractivity contribution is -0.120. The number of benzene rings is 1. The monoisotopic (exact) mass is 287 g/mol. The van der Waals surface area contributed by atoms with Crippen LogP contribution in [-0.4, -0.2) is 24.5 Å². The number of primary amides is 1. The number of ether oxygens (including phenoxy) is 1. The number of anilines is 1. The van der Waals surface area contributed by atoms with Crippen LogP contribution in [0.4, 0.5) is 5.69 Å². The molecule has 0 fully saturated rings. The number of amides is 2. The number of rotatable bonds is 6. The molecule has 0 radical (unpaired) electrons. The van der Waals surface area contributed by atoms with Crippen molar-refractivity contribution in [2.24, 2.45) is 11.5 Å². The van der Waals surface area contributed by atoms with Gasteiger partial charge in [-0.05, 0) is 31.2 Å². The van der Waals surface area contributed by atoms with E-state index in [2.05, 4.69) is 5.32 Å². The van der Waals surface area contributed by atoms with Crippen LogP contribution in [0.1, 0.15) is 13.3 Å². The second kappa shape index (κ2) is 8.34. The first kappa shape index (κ1) is 17.2. The molecule has 0 aliphatic heterocycles. The summed E-state index contributed by atoms with van der Waals surface area (Å²) in [7, 11) is 0. The molecule has 0 spiro atoms. The first-order valence-electron chi connectivity index (χ1n) is 5.54. The van der Waals surface area contributed by atoms with Crippen LogP contribution >= 0.6 is 12.4 Å². The number of hydrogen-bond acceptors (Lipinski definition) is 4. The largest absolute Gasteiger partial charge is 0.484 e. The van der Waals surface area contributed by atoms with Crippen LogP contribution in [0.5, 0.6) is 5.75 Å². The highest BCUT2D eigenvalue weighted by molar-refractivity contribution is 5.91. The Labute approximate surface area is 117 Å². The summed E-state index contributed by atoms with van der Waals surface area (Å²) in [6.07, 6.45) is 0.264. The van der Waals surface area contributed by atoms with Crippen molar-refractivity contribution in [2.45, 2.75) is 19.4 Å². The highest BCUT2D eigenvalue weighted by atomic mass is 35.5. The molecule has 106 valence electrons. The molecule has 1 aromatic rings. The highest BCUT2D eigenvalue weighted by Crippen LogP contribution is 2.15. The lowest BCUT2D eigenvalue weighted by Gasteiger charge is -2.08. The molecule has 1 unspecified atom stereocenters. The maximum atomic E-state index is 11.4. The van der Waals surface area contributed by atoms with Gasteiger partial charge in [0.1, 0.15) is 5.75 Å². The molecule has 7 heteroatoms. The Morgan fingerprint density at radius 1 is 1.32 bits per heavy atom. The van der Waals surface area contributed by atoms with Gasteiger partial charge in [-0.2, -0.15) is 0 Å². The quantitative estimate of drug-likeness (QED) is 0.714. The van der Waals surface area contributed by atoms with Gasteiger partial charge >= 0.3 is 0 Å². The minimum absolute atomic E-state index is 0. The van der Waals surface area contributed by atoms with E-state index in [9.17, 15) is 9.59 Å². The first-order chi connectivity index (χ1) is 8.47. The molecule has 19 heavy (non-hydrogen) atoms. The van der Waals surface area contributed by atoms with E-state index in [0.29, 0.717) is 11.4 Å². The average Bonchev–Trinajstić information content (AvgIpc) is 2.26. The molecule has 1 rings (SSSR count). The van der Waals surface area contributed by atoms with E-state index < -0.39 is 5.91 Å². The van der Waals surface area contributed by atoms with Crippen LogP contribution in [-0.2, 0) is 9.59 Å². The summed E-state index contributed by atoms with van der Waals surface area (Å²) in [5, 5.41) is 2.70. The second-order valence-corrected chi connectivity index (χ2v) is 4.01. The van der Waals surface area contributed by atoms with Crippen LogP contribution in [0, 0.1) is 0 Å². The van der Waals surface area contributed by atoms with Gasteiger partial charge in [0.15, 0.2) is 6.61 Å². The Hall–Kier alpha value is -1.79. The van der Waals surface area contributed by atoms with Gasteiger partial charge < -0.3 is 21.5 Å². The molecule has 0 bridgehead atoms. The Bertz CT molecular complexity index is 421. The van der Waals surface area contributed by atoms with Crippen LogP contribution in [0.15, 0.2) is 24.3 Å². The molecule has 0 heterocycles. The molecule has 0 saturated carbocycles. The minimum atomic E-state index is -0.538. The van der Waals surface area contributed by atoms with Crippen molar-refractivity contribution in [1.82, 2.24) is 0 Å². The van der Waals surface area contributed by atoms with E-state index in [1.54, 1.807) is 31.2 Å². The van der Waals surface area contributed by atoms with Gasteiger partial charge in [0.2, 0.25) is 5.91 Å². The van der Waals surface area contributed by atoms with Gasteiger partial charge in [0.05, 0.1) is 0 Å². The summed E-state index contributed by atoms with van der Waals surface area (Å²) < 4.78 is 5.08. The summed E-state index contributed by atoms with van der Waals surface area (Å²) >= 11 is 0. The Morgan fingerprint density at radius 2 is 1.89 bits per heavy atom. The molecule has 5 N–H and O–H groups in total. The normalized spacial score (nSPS) is 11.1. The van der Waals surface area contributed by atoms with Crippen molar-refractivity contribution in [3.8, 4) is 5.75 Å². The fraction of sp³-hybridized carbons (Fsp3) is 0.333. The molecule has 0 aliphatic rings. The zero-order chi connectivity index (χ0) is 13.5. The third-order valence-electron chi connectivity index (χ3n) is 2.03. The van der Waals surface area contributed by atoms with Crippen LogP contribution in [0.3, 0.4) is 0 Å². The summed E-state index contributed by atoms with van der Waals surface area (Å²) in [5.74, 6) is -0.167. The van der Waals surface area contributed by atoms with Crippen molar-refractivity contribution >= 4 is 29.9 Å². The predicted octanol–water partition coefficient (Wildman–Crippen LogP) is 0.648. The highest BCUT2D eigenvalue weighted by Gasteiger charge is 2.05. The zero-order valence-electron chi connectivity index (χ0n) is 10.6. The van der Waals surface area contributed by atoms with Crippen molar-refractivity contribution in [3.05, 3.63) is 24.3 Å². The molecule has 0 saturated heterocycles. The van der Waals surface area contributed by atoms with Gasteiger partial charge in [-0.3, -0.25) is 9.59 Å². The summed E-state index contributed by atoms with van der Waals surface area (Å²) in [6, 6.07) is 6.46. The van der Waals surface area contributed by atoms with E-state index in [1.165, 1.54) is 0 Å². The second-order valence-electron chi connectivity index (χ2n) is 4.01. The smallest absolute Gasteiger partial charge is 0.255 e. The molecule has 0 aliphatic carbocycles. The van der Waals surface area contributed by atoms with Crippen molar-refractivity contribution in [3.63, 3.8) is 0 Å². The third-order valence-corrected chi connectivity index (χ3v) is 2.03. The molecule has 0 aromatic heterocycles. The number of halogens is 1. The molecule has 1 aromatic carbocycles. The maximum Gasteiger partial charge on any atom is 0.255 e. The summed E-state index contributed by atoms with van der Waals surface area (Å²) in [6.45, 7) is 1.59. The van der Waals surface area contributed by atoms with Gasteiger partial charge in [-0.1, -0.05) is 0 Å². The lowest BCUT2D eigenvalue weighted by Crippen LogP contribution is -2.23. The molecule has 6 nitrogen and oxygen atoms in total. The van der Waals surface area contributed by atoms with Crippen LogP contribution in [0.25, 0.3) is 0 Å². The van der Waals surface area contributed by atoms with E-state index in [4.69, 9.17) is 16.2 Å². The Balaban J connectivity index is 0.00000324. The number of carbonyl (C=O) groups is 2. The minimum Gasteiger partial charge on any atom is -0.484 e. The van der Waals surface area contributed by atoms with Gasteiger partial charge in [0, 0.05) is 18.2 Å².